The van der Waals surface area contributed by atoms with E-state index >= 15 is 0 Å². The Balaban J connectivity index is 1.50. The normalized spacial score (nSPS) is 17.2. The molecule has 2 fully saturated rings. The van der Waals surface area contributed by atoms with E-state index in [-0.39, 0.29) is 29.5 Å². The first kappa shape index (κ1) is 23.3. The smallest absolute Gasteiger partial charge is 0.246 e. The van der Waals surface area contributed by atoms with Crippen LogP contribution in [0.5, 0.6) is 0 Å². The maximum atomic E-state index is 13.2. The van der Waals surface area contributed by atoms with Crippen molar-refractivity contribution in [1.82, 2.24) is 29.2 Å². The number of Topliss-reactive ketones (excluding diaryl/α,β-unsaturated/α-hetero) is 1. The van der Waals surface area contributed by atoms with E-state index in [9.17, 15) is 9.59 Å². The highest BCUT2D eigenvalue weighted by Gasteiger charge is 2.35. The summed E-state index contributed by atoms with van der Waals surface area (Å²) in [5, 5.41) is 5.87. The second-order valence-electron chi connectivity index (χ2n) is 9.57. The van der Waals surface area contributed by atoms with Crippen molar-refractivity contribution < 1.29 is 9.59 Å². The van der Waals surface area contributed by atoms with E-state index in [0.717, 1.165) is 23.9 Å². The molecule has 1 aliphatic heterocycles. The fraction of sp³-hybridized carbons (Fsp3) is 0.296. The number of ketones is 1. The number of hydrogen-bond donors (Lipinski definition) is 1. The van der Waals surface area contributed by atoms with Crippen molar-refractivity contribution in [3.8, 4) is 11.8 Å². The second kappa shape index (κ2) is 8.75. The molecule has 1 aromatic carbocycles. The number of nitrogens with two attached hydrogens (primary N) is 1. The lowest BCUT2D eigenvalue weighted by molar-refractivity contribution is -0.125. The van der Waals surface area contributed by atoms with Crippen LogP contribution in [0.2, 0.25) is 5.02 Å². The number of likely N-dealkylation sites (tertiary alicyclic amines) is 1. The lowest BCUT2D eigenvalue weighted by atomic mass is 10.0. The lowest BCUT2D eigenvalue weighted by Gasteiger charge is -2.16. The number of carbonyl (C=O) groups is 2. The van der Waals surface area contributed by atoms with Gasteiger partial charge in [0.15, 0.2) is 5.78 Å². The minimum atomic E-state index is -0.136. The van der Waals surface area contributed by atoms with E-state index in [2.05, 4.69) is 28.4 Å². The van der Waals surface area contributed by atoms with Crippen LogP contribution in [-0.4, -0.2) is 54.0 Å². The van der Waals surface area contributed by atoms with Crippen LogP contribution in [0.25, 0.3) is 21.9 Å². The van der Waals surface area contributed by atoms with E-state index in [0.29, 0.717) is 52.3 Å². The molecular weight excluding hydrogens is 490 g/mol. The Morgan fingerprint density at radius 3 is 2.78 bits per heavy atom. The first-order chi connectivity index (χ1) is 17.9. The third-order valence-corrected chi connectivity index (χ3v) is 7.41. The van der Waals surface area contributed by atoms with Crippen molar-refractivity contribution in [2.45, 2.75) is 25.3 Å². The number of anilines is 1. The monoisotopic (exact) mass is 513 g/mol. The zero-order chi connectivity index (χ0) is 25.8. The minimum absolute atomic E-state index is 0.00200. The van der Waals surface area contributed by atoms with Crippen molar-refractivity contribution in [1.29, 1.82) is 0 Å². The molecule has 1 aliphatic carbocycles. The second-order valence-corrected chi connectivity index (χ2v) is 9.98. The van der Waals surface area contributed by atoms with E-state index in [1.165, 1.54) is 6.08 Å². The van der Waals surface area contributed by atoms with E-state index in [1.807, 2.05) is 28.4 Å². The number of carbonyl (C=O) groups excluding carboxylic acids is 2. The van der Waals surface area contributed by atoms with Crippen LogP contribution in [0.15, 0.2) is 37.3 Å². The topological polar surface area (TPSA) is 112 Å². The standard InChI is InChI=1S/C27H24ClN7O2/c1-3-23(36)34-9-8-17(13-34)35-25-18(26(37)15-4-5-15)12-30-27(29)24(25)20(32-35)7-6-16-10-21-22(11-19(16)28)33(2)14-31-21/h3,10-12,14-15,17H,1,4-5,8-9,13H2,2H3,(H2,29,30)/t17-/m0/s1. The van der Waals surface area contributed by atoms with Crippen molar-refractivity contribution in [3.05, 3.63) is 59.2 Å². The van der Waals surface area contributed by atoms with Crippen molar-refractivity contribution in [2.75, 3.05) is 18.8 Å². The molecule has 2 N–H and O–H groups in total. The molecular formula is C27H24ClN7O2. The van der Waals surface area contributed by atoms with E-state index in [1.54, 1.807) is 17.4 Å². The first-order valence-corrected chi connectivity index (χ1v) is 12.5. The molecule has 0 bridgehead atoms. The van der Waals surface area contributed by atoms with Gasteiger partial charge >= 0.3 is 0 Å². The van der Waals surface area contributed by atoms with E-state index in [4.69, 9.17) is 22.4 Å². The summed E-state index contributed by atoms with van der Waals surface area (Å²) in [4.78, 5) is 35.9. The van der Waals surface area contributed by atoms with Gasteiger partial charge in [-0.3, -0.25) is 14.3 Å². The van der Waals surface area contributed by atoms with Gasteiger partial charge in [0.1, 0.15) is 11.5 Å². The van der Waals surface area contributed by atoms with E-state index < -0.39 is 0 Å². The number of amides is 1. The van der Waals surface area contributed by atoms with Gasteiger partial charge in [-0.2, -0.15) is 5.10 Å². The number of nitrogen functional groups attached to an aromatic ring is 1. The third-order valence-electron chi connectivity index (χ3n) is 7.09. The van der Waals surface area contributed by atoms with Crippen LogP contribution < -0.4 is 5.73 Å². The van der Waals surface area contributed by atoms with Crippen molar-refractivity contribution in [3.63, 3.8) is 0 Å². The van der Waals surface area contributed by atoms with Crippen LogP contribution >= 0.6 is 11.6 Å². The van der Waals surface area contributed by atoms with Gasteiger partial charge < -0.3 is 15.2 Å². The van der Waals surface area contributed by atoms with Gasteiger partial charge in [0.05, 0.1) is 44.9 Å². The average molecular weight is 514 g/mol. The number of fused-ring (bicyclic) bond motifs is 2. The zero-order valence-corrected chi connectivity index (χ0v) is 21.0. The van der Waals surface area contributed by atoms with Crippen LogP contribution in [0, 0.1) is 17.8 Å². The Morgan fingerprint density at radius 2 is 2.03 bits per heavy atom. The Kier molecular flexibility index (Phi) is 5.50. The molecule has 1 saturated heterocycles. The summed E-state index contributed by atoms with van der Waals surface area (Å²) in [7, 11) is 1.90. The summed E-state index contributed by atoms with van der Waals surface area (Å²) in [5.41, 5.74) is 10.2. The molecule has 186 valence electrons. The summed E-state index contributed by atoms with van der Waals surface area (Å²) < 4.78 is 3.70. The molecule has 1 atom stereocenters. The fourth-order valence-corrected chi connectivity index (χ4v) is 5.14. The predicted octanol–water partition coefficient (Wildman–Crippen LogP) is 3.51. The van der Waals surface area contributed by atoms with Crippen molar-refractivity contribution in [2.24, 2.45) is 13.0 Å². The molecule has 0 unspecified atom stereocenters. The molecule has 10 heteroatoms. The van der Waals surface area contributed by atoms with Crippen LogP contribution in [0.4, 0.5) is 5.82 Å². The Labute approximate surface area is 217 Å². The number of benzene rings is 1. The maximum absolute atomic E-state index is 13.2. The van der Waals surface area contributed by atoms with Gasteiger partial charge in [0, 0.05) is 37.8 Å². The summed E-state index contributed by atoms with van der Waals surface area (Å²) in [6.07, 6.45) is 6.99. The number of rotatable bonds is 4. The third kappa shape index (κ3) is 3.94. The van der Waals surface area contributed by atoms with Crippen molar-refractivity contribution >= 4 is 51.0 Å². The average Bonchev–Trinajstić information content (AvgIpc) is 3.34. The van der Waals surface area contributed by atoms with Gasteiger partial charge in [-0.25, -0.2) is 9.97 Å². The molecule has 3 aromatic heterocycles. The van der Waals surface area contributed by atoms with Gasteiger partial charge in [-0.05, 0) is 43.4 Å². The SMILES string of the molecule is C=CC(=O)N1CC[C@H](n2nc(C#Cc3cc4ncn(C)c4cc3Cl)c3c(N)ncc(C(=O)C4CC4)c32)C1. The number of pyridine rings is 1. The highest BCUT2D eigenvalue weighted by molar-refractivity contribution is 6.32. The highest BCUT2D eigenvalue weighted by Crippen LogP contribution is 2.37. The molecule has 4 aromatic rings. The number of hydrogen-bond acceptors (Lipinski definition) is 6. The van der Waals surface area contributed by atoms with Gasteiger partial charge in [0.25, 0.3) is 0 Å². The Bertz CT molecular complexity index is 1690. The molecule has 9 nitrogen and oxygen atoms in total. The number of aromatic nitrogens is 5. The molecule has 2 aliphatic rings. The summed E-state index contributed by atoms with van der Waals surface area (Å²) in [6, 6.07) is 3.53. The molecule has 37 heavy (non-hydrogen) atoms. The molecule has 0 spiro atoms. The quantitative estimate of drug-likeness (QED) is 0.254. The number of imidazole rings is 1. The zero-order valence-electron chi connectivity index (χ0n) is 20.2. The molecule has 1 amide bonds. The van der Waals surface area contributed by atoms with Crippen LogP contribution in [0.1, 0.15) is 46.9 Å². The number of halogens is 1. The van der Waals surface area contributed by atoms with Gasteiger partial charge in [0.2, 0.25) is 5.91 Å². The number of nitrogens with zero attached hydrogens (tertiary/aromatic N) is 6. The Hall–Kier alpha value is -4.16. The maximum Gasteiger partial charge on any atom is 0.246 e. The highest BCUT2D eigenvalue weighted by atomic mass is 35.5. The summed E-state index contributed by atoms with van der Waals surface area (Å²) in [6.45, 7) is 4.62. The summed E-state index contributed by atoms with van der Waals surface area (Å²) in [5.74, 6) is 6.41. The number of aryl methyl sites for hydroxylation is 1. The Morgan fingerprint density at radius 1 is 1.22 bits per heavy atom. The minimum Gasteiger partial charge on any atom is -0.383 e. The fourth-order valence-electron chi connectivity index (χ4n) is 4.93. The molecule has 4 heterocycles. The van der Waals surface area contributed by atoms with Crippen LogP contribution in [-0.2, 0) is 11.8 Å². The van der Waals surface area contributed by atoms with Crippen LogP contribution in [0.3, 0.4) is 0 Å². The lowest BCUT2D eigenvalue weighted by Crippen LogP contribution is -2.27. The molecule has 0 radical (unpaired) electrons. The largest absolute Gasteiger partial charge is 0.383 e. The molecule has 1 saturated carbocycles. The predicted molar refractivity (Wildman–Crippen MR) is 141 cm³/mol. The summed E-state index contributed by atoms with van der Waals surface area (Å²) >= 11 is 6.53. The first-order valence-electron chi connectivity index (χ1n) is 12.1. The van der Waals surface area contributed by atoms with Gasteiger partial charge in [-0.15, -0.1) is 0 Å². The van der Waals surface area contributed by atoms with Gasteiger partial charge in [-0.1, -0.05) is 24.1 Å². The molecule has 6 rings (SSSR count).